The van der Waals surface area contributed by atoms with Gasteiger partial charge in [0.2, 0.25) is 5.91 Å². The molecule has 0 saturated carbocycles. The Morgan fingerprint density at radius 1 is 0.583 bits per heavy atom. The zero-order chi connectivity index (χ0) is 20.2. The maximum Gasteiger partial charge on any atom is 0.335 e. The van der Waals surface area contributed by atoms with Crippen LogP contribution in [-0.4, -0.2) is 95.1 Å². The summed E-state index contributed by atoms with van der Waals surface area (Å²) in [4.78, 5) is 48.3. The lowest BCUT2D eigenvalue weighted by molar-refractivity contribution is -0.165. The molecular weight excluding hydrogens is 342 g/mol. The molecule has 0 rings (SSSR count). The second-order valence-electron chi connectivity index (χ2n) is 3.74. The maximum atomic E-state index is 9.77. The van der Waals surface area contributed by atoms with Crippen molar-refractivity contribution in [3.05, 3.63) is 0 Å². The van der Waals surface area contributed by atoms with Gasteiger partial charge >= 0.3 is 23.9 Å². The van der Waals surface area contributed by atoms with Crippen LogP contribution < -0.4 is 5.73 Å². The molecule has 0 bridgehead atoms. The van der Waals surface area contributed by atoms with Crippen molar-refractivity contribution in [1.82, 2.24) is 0 Å². The number of nitrogens with two attached hydrogens (primary N) is 1. The highest BCUT2D eigenvalue weighted by Gasteiger charge is 2.30. The summed E-state index contributed by atoms with van der Waals surface area (Å²) < 4.78 is 0. The lowest BCUT2D eigenvalue weighted by atomic mass is 10.2. The Morgan fingerprint density at radius 3 is 0.708 bits per heavy atom. The standard InChI is InChI=1S/2C4H6O6.C2H5NO/c2*5-1(3(7)8)2(6)4(9)10;1-2(3)4/h2*1-2,5-6H,(H,7,8)(H,9,10);1H3,(H2,3,4). The second-order valence-corrected chi connectivity index (χ2v) is 3.74. The molecule has 10 N–H and O–H groups in total. The molecule has 0 heterocycles. The third-order valence-electron chi connectivity index (χ3n) is 1.61. The number of carbonyl (C=O) groups excluding carboxylic acids is 1. The number of carboxylic acids is 4. The van der Waals surface area contributed by atoms with E-state index in [1.54, 1.807) is 0 Å². The van der Waals surface area contributed by atoms with E-state index in [9.17, 15) is 24.0 Å². The lowest BCUT2D eigenvalue weighted by Gasteiger charge is -2.07. The predicted octanol–water partition coefficient (Wildman–Crippen LogP) is -4.75. The van der Waals surface area contributed by atoms with E-state index in [0.717, 1.165) is 0 Å². The van der Waals surface area contributed by atoms with Crippen molar-refractivity contribution < 1.29 is 64.8 Å². The highest BCUT2D eigenvalue weighted by atomic mass is 16.4. The van der Waals surface area contributed by atoms with Gasteiger partial charge in [-0.2, -0.15) is 0 Å². The average molecular weight is 359 g/mol. The van der Waals surface area contributed by atoms with E-state index < -0.39 is 48.3 Å². The summed E-state index contributed by atoms with van der Waals surface area (Å²) in [7, 11) is 0. The van der Waals surface area contributed by atoms with E-state index in [-0.39, 0.29) is 5.91 Å². The molecule has 0 spiro atoms. The number of hydrogen-bond donors (Lipinski definition) is 9. The summed E-state index contributed by atoms with van der Waals surface area (Å²) in [6.45, 7) is 1.31. The van der Waals surface area contributed by atoms with Gasteiger partial charge in [0.1, 0.15) is 0 Å². The summed E-state index contributed by atoms with van der Waals surface area (Å²) in [5, 5.41) is 65.1. The first kappa shape index (κ1) is 26.1. The van der Waals surface area contributed by atoms with Crippen molar-refractivity contribution in [1.29, 1.82) is 0 Å². The van der Waals surface area contributed by atoms with Gasteiger partial charge in [-0.1, -0.05) is 0 Å². The van der Waals surface area contributed by atoms with Crippen LogP contribution in [0.25, 0.3) is 0 Å². The highest BCUT2D eigenvalue weighted by molar-refractivity contribution is 5.83. The SMILES string of the molecule is CC(N)=O.O=C(O)C(O)C(O)C(=O)O.O=C(O)C(O)C(O)C(=O)O. The molecule has 140 valence electrons. The van der Waals surface area contributed by atoms with Crippen molar-refractivity contribution in [3.8, 4) is 0 Å². The minimum atomic E-state index is -2.27. The first-order chi connectivity index (χ1) is 10.7. The lowest BCUT2D eigenvalue weighted by Crippen LogP contribution is -2.39. The summed E-state index contributed by atoms with van der Waals surface area (Å²) in [5.74, 6) is -7.41. The average Bonchev–Trinajstić information content (AvgIpc) is 2.43. The number of rotatable bonds is 6. The van der Waals surface area contributed by atoms with Gasteiger partial charge in [-0.15, -0.1) is 0 Å². The van der Waals surface area contributed by atoms with Crippen LogP contribution in [0, 0.1) is 0 Å². The fourth-order valence-corrected chi connectivity index (χ4v) is 0.540. The van der Waals surface area contributed by atoms with Crippen LogP contribution in [-0.2, 0) is 24.0 Å². The topological polar surface area (TPSA) is 273 Å². The number of carbonyl (C=O) groups is 5. The van der Waals surface area contributed by atoms with Gasteiger partial charge in [-0.3, -0.25) is 4.79 Å². The molecule has 0 fully saturated rings. The number of hydrogen-bond acceptors (Lipinski definition) is 9. The number of aliphatic hydroxyl groups excluding tert-OH is 4. The molecular formula is C10H17NO13. The minimum absolute atomic E-state index is 0.333. The van der Waals surface area contributed by atoms with Gasteiger partial charge in [-0.05, 0) is 0 Å². The Morgan fingerprint density at radius 2 is 0.667 bits per heavy atom. The molecule has 4 unspecified atom stereocenters. The number of amides is 1. The molecule has 1 amide bonds. The largest absolute Gasteiger partial charge is 0.479 e. The smallest absolute Gasteiger partial charge is 0.335 e. The third-order valence-corrected chi connectivity index (χ3v) is 1.61. The van der Waals surface area contributed by atoms with Crippen LogP contribution >= 0.6 is 0 Å². The van der Waals surface area contributed by atoms with E-state index in [0.29, 0.717) is 0 Å². The maximum absolute atomic E-state index is 9.77. The Labute approximate surface area is 133 Å². The molecule has 4 atom stereocenters. The fourth-order valence-electron chi connectivity index (χ4n) is 0.540. The van der Waals surface area contributed by atoms with Crippen LogP contribution in [0.5, 0.6) is 0 Å². The molecule has 0 aliphatic carbocycles. The van der Waals surface area contributed by atoms with Crippen LogP contribution in [0.4, 0.5) is 0 Å². The van der Waals surface area contributed by atoms with Gasteiger partial charge in [0.25, 0.3) is 0 Å². The van der Waals surface area contributed by atoms with E-state index in [1.807, 2.05) is 0 Å². The van der Waals surface area contributed by atoms with Gasteiger partial charge in [0.05, 0.1) is 0 Å². The number of carboxylic acid groups (broad SMARTS) is 4. The predicted molar refractivity (Wildman–Crippen MR) is 69.4 cm³/mol. The first-order valence-corrected chi connectivity index (χ1v) is 5.56. The zero-order valence-electron chi connectivity index (χ0n) is 12.0. The van der Waals surface area contributed by atoms with Crippen LogP contribution in [0.3, 0.4) is 0 Å². The quantitative estimate of drug-likeness (QED) is 0.215. The number of aliphatic hydroxyl groups is 4. The van der Waals surface area contributed by atoms with Crippen LogP contribution in [0.1, 0.15) is 6.92 Å². The molecule has 0 saturated heterocycles. The normalized spacial score (nSPS) is 14.2. The zero-order valence-corrected chi connectivity index (χ0v) is 12.0. The van der Waals surface area contributed by atoms with E-state index in [1.165, 1.54) is 6.92 Å². The summed E-state index contributed by atoms with van der Waals surface area (Å²) in [6.07, 6.45) is -9.06. The fraction of sp³-hybridized carbons (Fsp3) is 0.500. The van der Waals surface area contributed by atoms with Crippen molar-refractivity contribution >= 4 is 29.8 Å². The molecule has 0 aliphatic rings. The molecule has 0 aromatic carbocycles. The molecule has 0 aromatic heterocycles. The molecule has 0 radical (unpaired) electrons. The van der Waals surface area contributed by atoms with E-state index in [2.05, 4.69) is 5.73 Å². The van der Waals surface area contributed by atoms with Gasteiger partial charge in [0, 0.05) is 6.92 Å². The molecule has 24 heavy (non-hydrogen) atoms. The summed E-state index contributed by atoms with van der Waals surface area (Å²) in [6, 6.07) is 0. The van der Waals surface area contributed by atoms with Gasteiger partial charge in [0.15, 0.2) is 24.4 Å². The summed E-state index contributed by atoms with van der Waals surface area (Å²) >= 11 is 0. The molecule has 14 heteroatoms. The minimum Gasteiger partial charge on any atom is -0.479 e. The van der Waals surface area contributed by atoms with E-state index >= 15 is 0 Å². The third kappa shape index (κ3) is 14.1. The highest BCUT2D eigenvalue weighted by Crippen LogP contribution is 1.93. The first-order valence-electron chi connectivity index (χ1n) is 5.56. The van der Waals surface area contributed by atoms with Crippen molar-refractivity contribution in [2.24, 2.45) is 5.73 Å². The molecule has 14 nitrogen and oxygen atoms in total. The number of primary amides is 1. The Hall–Kier alpha value is -2.81. The van der Waals surface area contributed by atoms with Crippen LogP contribution in [0.15, 0.2) is 0 Å². The monoisotopic (exact) mass is 359 g/mol. The van der Waals surface area contributed by atoms with Crippen molar-refractivity contribution in [2.45, 2.75) is 31.3 Å². The summed E-state index contributed by atoms with van der Waals surface area (Å²) in [5.41, 5.74) is 4.47. The van der Waals surface area contributed by atoms with Gasteiger partial charge in [-0.25, -0.2) is 19.2 Å². The van der Waals surface area contributed by atoms with Crippen molar-refractivity contribution in [2.75, 3.05) is 0 Å². The van der Waals surface area contributed by atoms with Crippen LogP contribution in [0.2, 0.25) is 0 Å². The Kier molecular flexibility index (Phi) is 13.8. The van der Waals surface area contributed by atoms with Gasteiger partial charge < -0.3 is 46.6 Å². The second kappa shape index (κ2) is 12.7. The number of aliphatic carboxylic acids is 4. The molecule has 0 aromatic rings. The van der Waals surface area contributed by atoms with Crippen molar-refractivity contribution in [3.63, 3.8) is 0 Å². The van der Waals surface area contributed by atoms with E-state index in [4.69, 9.17) is 40.9 Å². The molecule has 0 aliphatic heterocycles. The Bertz CT molecular complexity index is 386. The Balaban J connectivity index is -0.000000301.